The quantitative estimate of drug-likeness (QED) is 0.731. The van der Waals surface area contributed by atoms with E-state index >= 15 is 0 Å². The highest BCUT2D eigenvalue weighted by Crippen LogP contribution is 2.19. The molecule has 0 spiro atoms. The third-order valence-electron chi connectivity index (χ3n) is 3.93. The Balaban J connectivity index is 1.61. The van der Waals surface area contributed by atoms with Crippen LogP contribution in [0.4, 0.5) is 0 Å². The molecule has 0 aliphatic carbocycles. The monoisotopic (exact) mass is 340 g/mol. The molecule has 0 fully saturated rings. The van der Waals surface area contributed by atoms with Gasteiger partial charge in [-0.1, -0.05) is 23.8 Å². The summed E-state index contributed by atoms with van der Waals surface area (Å²) in [4.78, 5) is 24.2. The fourth-order valence-electron chi connectivity index (χ4n) is 2.70. The number of pyridine rings is 1. The van der Waals surface area contributed by atoms with Crippen LogP contribution in [0.1, 0.15) is 11.1 Å². The Bertz CT molecular complexity index is 958. The van der Waals surface area contributed by atoms with E-state index in [4.69, 9.17) is 4.74 Å². The number of fused-ring (bicyclic) bond motifs is 1. The number of methoxy groups -OCH3 is 1. The van der Waals surface area contributed by atoms with Crippen molar-refractivity contribution < 1.29 is 9.53 Å². The fraction of sp³-hybridized carbons (Fsp3) is 0.278. The summed E-state index contributed by atoms with van der Waals surface area (Å²) in [6, 6.07) is 11.2. The van der Waals surface area contributed by atoms with E-state index in [1.54, 1.807) is 31.5 Å². The van der Waals surface area contributed by atoms with Gasteiger partial charge in [-0.2, -0.15) is 0 Å². The summed E-state index contributed by atoms with van der Waals surface area (Å²) in [5, 5.41) is 6.96. The van der Waals surface area contributed by atoms with Crippen LogP contribution in [0, 0.1) is 6.92 Å². The van der Waals surface area contributed by atoms with Crippen LogP contribution in [0.5, 0.6) is 5.75 Å². The van der Waals surface area contributed by atoms with Crippen LogP contribution >= 0.6 is 0 Å². The van der Waals surface area contributed by atoms with Crippen LogP contribution in [0.2, 0.25) is 0 Å². The van der Waals surface area contributed by atoms with Crippen LogP contribution < -0.4 is 15.7 Å². The van der Waals surface area contributed by atoms with Gasteiger partial charge in [0.2, 0.25) is 5.91 Å². The predicted molar refractivity (Wildman–Crippen MR) is 93.9 cm³/mol. The van der Waals surface area contributed by atoms with E-state index in [9.17, 15) is 9.59 Å². The molecule has 1 aromatic carbocycles. The van der Waals surface area contributed by atoms with Crippen molar-refractivity contribution in [2.24, 2.45) is 0 Å². The molecule has 0 aliphatic rings. The summed E-state index contributed by atoms with van der Waals surface area (Å²) in [6.45, 7) is 2.36. The summed E-state index contributed by atoms with van der Waals surface area (Å²) in [7, 11) is 1.63. The SMILES string of the molecule is COc1ccc(C)cc1CCNC(=O)Cn1nc2ccccn2c1=O. The maximum atomic E-state index is 12.1. The van der Waals surface area contributed by atoms with Gasteiger partial charge in [0.25, 0.3) is 0 Å². The first-order valence-corrected chi connectivity index (χ1v) is 8.03. The number of carbonyl (C=O) groups is 1. The van der Waals surface area contributed by atoms with Gasteiger partial charge in [0.05, 0.1) is 7.11 Å². The molecule has 0 radical (unpaired) electrons. The first kappa shape index (κ1) is 16.8. The second-order valence-electron chi connectivity index (χ2n) is 5.78. The molecule has 0 bridgehead atoms. The van der Waals surface area contributed by atoms with E-state index in [0.717, 1.165) is 21.6 Å². The van der Waals surface area contributed by atoms with Gasteiger partial charge in [0, 0.05) is 12.7 Å². The Morgan fingerprint density at radius 1 is 1.28 bits per heavy atom. The maximum Gasteiger partial charge on any atom is 0.350 e. The molecule has 7 nitrogen and oxygen atoms in total. The molecule has 0 atom stereocenters. The van der Waals surface area contributed by atoms with Crippen molar-refractivity contribution in [1.29, 1.82) is 0 Å². The molecule has 0 aliphatic heterocycles. The number of rotatable bonds is 6. The number of benzene rings is 1. The lowest BCUT2D eigenvalue weighted by atomic mass is 10.1. The number of hydrogen-bond acceptors (Lipinski definition) is 4. The standard InChI is InChI=1S/C18H20N4O3/c1-13-6-7-15(25-2)14(11-13)8-9-19-17(23)12-22-18(24)21-10-4-3-5-16(21)20-22/h3-7,10-11H,8-9,12H2,1-2H3,(H,19,23). The zero-order valence-corrected chi connectivity index (χ0v) is 14.2. The number of carbonyl (C=O) groups excluding carboxylic acids is 1. The van der Waals surface area contributed by atoms with Gasteiger partial charge in [-0.15, -0.1) is 5.10 Å². The summed E-state index contributed by atoms with van der Waals surface area (Å²) in [5.41, 5.74) is 2.36. The normalized spacial score (nSPS) is 10.8. The van der Waals surface area contributed by atoms with E-state index in [-0.39, 0.29) is 18.1 Å². The minimum absolute atomic E-state index is 0.106. The third-order valence-corrected chi connectivity index (χ3v) is 3.93. The largest absolute Gasteiger partial charge is 0.496 e. The molecule has 7 heteroatoms. The Morgan fingerprint density at radius 2 is 2.12 bits per heavy atom. The molecule has 1 amide bonds. The molecular formula is C18H20N4O3. The topological polar surface area (TPSA) is 77.6 Å². The highest BCUT2D eigenvalue weighted by molar-refractivity contribution is 5.75. The molecular weight excluding hydrogens is 320 g/mol. The number of aryl methyl sites for hydroxylation is 1. The second kappa shape index (κ2) is 7.21. The number of nitrogens with zero attached hydrogens (tertiary/aromatic N) is 3. The van der Waals surface area contributed by atoms with Crippen molar-refractivity contribution in [3.8, 4) is 5.75 Å². The molecule has 0 saturated heterocycles. The van der Waals surface area contributed by atoms with E-state index in [2.05, 4.69) is 10.4 Å². The van der Waals surface area contributed by atoms with Gasteiger partial charge in [0.1, 0.15) is 12.3 Å². The summed E-state index contributed by atoms with van der Waals surface area (Å²) < 4.78 is 7.90. The number of amides is 1. The van der Waals surface area contributed by atoms with Gasteiger partial charge >= 0.3 is 5.69 Å². The molecule has 0 unspecified atom stereocenters. The number of aromatic nitrogens is 3. The molecule has 1 N–H and O–H groups in total. The zero-order valence-electron chi connectivity index (χ0n) is 14.2. The highest BCUT2D eigenvalue weighted by atomic mass is 16.5. The van der Waals surface area contributed by atoms with Crippen molar-refractivity contribution in [3.05, 3.63) is 64.2 Å². The summed E-state index contributed by atoms with van der Waals surface area (Å²) in [5.74, 6) is 0.550. The minimum Gasteiger partial charge on any atom is -0.496 e. The van der Waals surface area contributed by atoms with Crippen molar-refractivity contribution in [1.82, 2.24) is 19.5 Å². The van der Waals surface area contributed by atoms with Crippen LogP contribution in [0.15, 0.2) is 47.4 Å². The van der Waals surface area contributed by atoms with Crippen molar-refractivity contribution in [2.45, 2.75) is 19.9 Å². The Hall–Kier alpha value is -3.09. The van der Waals surface area contributed by atoms with Gasteiger partial charge in [0.15, 0.2) is 5.65 Å². The minimum atomic E-state index is -0.328. The van der Waals surface area contributed by atoms with E-state index in [1.165, 1.54) is 4.40 Å². The lowest BCUT2D eigenvalue weighted by Crippen LogP contribution is -2.33. The summed E-state index contributed by atoms with van der Waals surface area (Å²) >= 11 is 0. The van der Waals surface area contributed by atoms with Gasteiger partial charge in [-0.25, -0.2) is 9.48 Å². The number of ether oxygens (including phenoxy) is 1. The summed E-state index contributed by atoms with van der Waals surface area (Å²) in [6.07, 6.45) is 2.28. The second-order valence-corrected chi connectivity index (χ2v) is 5.78. The van der Waals surface area contributed by atoms with Crippen LogP contribution in [-0.4, -0.2) is 33.7 Å². The average molecular weight is 340 g/mol. The Morgan fingerprint density at radius 3 is 2.88 bits per heavy atom. The van der Waals surface area contributed by atoms with E-state index in [0.29, 0.717) is 18.6 Å². The highest BCUT2D eigenvalue weighted by Gasteiger charge is 2.10. The van der Waals surface area contributed by atoms with E-state index < -0.39 is 0 Å². The van der Waals surface area contributed by atoms with Crippen molar-refractivity contribution >= 4 is 11.6 Å². The van der Waals surface area contributed by atoms with Crippen LogP contribution in [-0.2, 0) is 17.8 Å². The van der Waals surface area contributed by atoms with Crippen LogP contribution in [0.25, 0.3) is 5.65 Å². The Labute approximate surface area is 144 Å². The van der Waals surface area contributed by atoms with Gasteiger partial charge in [-0.3, -0.25) is 9.20 Å². The lowest BCUT2D eigenvalue weighted by Gasteiger charge is -2.10. The molecule has 2 heterocycles. The third kappa shape index (κ3) is 3.71. The molecule has 2 aromatic heterocycles. The number of hydrogen-bond donors (Lipinski definition) is 1. The molecule has 3 rings (SSSR count). The van der Waals surface area contributed by atoms with Crippen molar-refractivity contribution in [2.75, 3.05) is 13.7 Å². The van der Waals surface area contributed by atoms with Gasteiger partial charge < -0.3 is 10.1 Å². The molecule has 25 heavy (non-hydrogen) atoms. The maximum absolute atomic E-state index is 12.1. The smallest absolute Gasteiger partial charge is 0.350 e. The first-order valence-electron chi connectivity index (χ1n) is 8.03. The average Bonchev–Trinajstić information content (AvgIpc) is 2.91. The van der Waals surface area contributed by atoms with E-state index in [1.807, 2.05) is 25.1 Å². The van der Waals surface area contributed by atoms with Crippen LogP contribution in [0.3, 0.4) is 0 Å². The molecule has 3 aromatic rings. The Kier molecular flexibility index (Phi) is 4.83. The lowest BCUT2D eigenvalue weighted by molar-refractivity contribution is -0.121. The number of nitrogens with one attached hydrogen (secondary N) is 1. The van der Waals surface area contributed by atoms with Crippen molar-refractivity contribution in [3.63, 3.8) is 0 Å². The molecule has 0 saturated carbocycles. The fourth-order valence-corrected chi connectivity index (χ4v) is 2.70. The predicted octanol–water partition coefficient (Wildman–Crippen LogP) is 1.17. The first-order chi connectivity index (χ1) is 12.1. The van der Waals surface area contributed by atoms with Gasteiger partial charge in [-0.05, 0) is 37.1 Å². The molecule has 130 valence electrons. The zero-order chi connectivity index (χ0) is 17.8.